The van der Waals surface area contributed by atoms with Crippen molar-refractivity contribution in [1.82, 2.24) is 19.9 Å². The maximum absolute atomic E-state index is 7.50. The molecule has 4 aromatic heterocycles. The topological polar surface area (TPSA) is 211 Å². The van der Waals surface area contributed by atoms with Crippen LogP contribution in [-0.2, 0) is 73.6 Å². The van der Waals surface area contributed by atoms with E-state index in [-0.39, 0.29) is 0 Å². The Kier molecular flexibility index (Phi) is 43.7. The molecule has 0 amide bonds. The van der Waals surface area contributed by atoms with Crippen LogP contribution in [0.2, 0.25) is 0 Å². The van der Waals surface area contributed by atoms with E-state index in [0.717, 1.165) is 54.7 Å². The molecule has 0 saturated heterocycles. The molecule has 8 rings (SSSR count). The van der Waals surface area contributed by atoms with Gasteiger partial charge in [-0.2, -0.15) is 0 Å². The van der Waals surface area contributed by atoms with E-state index in [1.807, 2.05) is 73.3 Å². The predicted molar refractivity (Wildman–Crippen MR) is 208 cm³/mol. The minimum Gasteiger partial charge on any atom is -0.254 e. The number of hydrogen-bond acceptors (Lipinski definition) is 4. The molecule has 0 fully saturated rings. The van der Waals surface area contributed by atoms with Crippen LogP contribution in [0.25, 0.3) is 65.9 Å². The number of hydrogen-bond donors (Lipinski definition) is 0. The molecule has 12 nitrogen and oxygen atoms in total. The minimum absolute atomic E-state index is 0.961. The molecule has 0 unspecified atom stereocenters. The summed E-state index contributed by atoms with van der Waals surface area (Å²) in [7, 11) is 9.39. The van der Waals surface area contributed by atoms with E-state index in [2.05, 4.69) is 146 Å². The van der Waals surface area contributed by atoms with Crippen LogP contribution in [0.1, 0.15) is 0 Å². The van der Waals surface area contributed by atoms with Gasteiger partial charge in [0.1, 0.15) is 0 Å². The fourth-order valence-corrected chi connectivity index (χ4v) is 5.05. The number of aromatic nitrogens is 4. The molecular weight excluding hydrogens is 1160 g/mol. The van der Waals surface area contributed by atoms with Gasteiger partial charge in [0.05, 0.1) is 22.1 Å². The van der Waals surface area contributed by atoms with Crippen LogP contribution in [0.4, 0.5) is 0 Å². The number of rotatable bonds is 2. The molecule has 0 aliphatic carbocycles. The Morgan fingerprint density at radius 3 is 0.867 bits per heavy atom. The summed E-state index contributed by atoms with van der Waals surface area (Å²) in [6.07, 6.45) is 7.47. The molecule has 0 N–H and O–H groups in total. The van der Waals surface area contributed by atoms with Gasteiger partial charge in [-0.25, -0.2) is 0 Å². The van der Waals surface area contributed by atoms with Gasteiger partial charge in [0.15, 0.2) is 0 Å². The zero-order valence-corrected chi connectivity index (χ0v) is 37.4. The van der Waals surface area contributed by atoms with Gasteiger partial charge in [-0.15, -0.1) is 0 Å². The van der Waals surface area contributed by atoms with Crippen LogP contribution in [-0.4, -0.2) is 19.9 Å². The van der Waals surface area contributed by atoms with E-state index in [1.165, 1.54) is 47.5 Å². The number of fused-ring (bicyclic) bond motifs is 6. The molecule has 0 radical (unpaired) electrons. The van der Waals surface area contributed by atoms with E-state index in [1.54, 1.807) is 0 Å². The van der Waals surface area contributed by atoms with Crippen molar-refractivity contribution >= 4 is 62.7 Å². The van der Waals surface area contributed by atoms with E-state index in [9.17, 15) is 0 Å². The Hall–Kier alpha value is -5.66. The molecule has 0 spiro atoms. The Morgan fingerprint density at radius 2 is 0.567 bits per heavy atom. The van der Waals surface area contributed by atoms with Gasteiger partial charge in [0, 0.05) is 57.5 Å². The molecule has 60 heavy (non-hydrogen) atoms. The largest absolute Gasteiger partial charge is 0.254 e. The summed E-state index contributed by atoms with van der Waals surface area (Å²) in [6.45, 7) is 36.0. The Morgan fingerprint density at radius 1 is 0.300 bits per heavy atom. The van der Waals surface area contributed by atoms with Crippen molar-refractivity contribution in [2.24, 2.45) is 0 Å². The first-order valence-electron chi connectivity index (χ1n) is 15.1. The van der Waals surface area contributed by atoms with Gasteiger partial charge in [0.2, 0.25) is 0 Å². The van der Waals surface area contributed by atoms with Crippen LogP contribution < -0.4 is 0 Å². The van der Waals surface area contributed by atoms with Crippen molar-refractivity contribution in [1.29, 1.82) is 0 Å². The molecule has 0 aliphatic heterocycles. The van der Waals surface area contributed by atoms with Crippen molar-refractivity contribution < 1.29 is 73.6 Å². The summed E-state index contributed by atoms with van der Waals surface area (Å²) < 4.78 is 60.0. The zero-order valence-electron chi connectivity index (χ0n) is 30.4. The first-order chi connectivity index (χ1) is 29.8. The van der Waals surface area contributed by atoms with Crippen LogP contribution in [0, 0.1) is 53.2 Å². The second-order valence-corrected chi connectivity index (χ2v) is 9.60. The average molecular weight is 1180 g/mol. The summed E-state index contributed by atoms with van der Waals surface area (Å²) in [6, 6.07) is 41.4. The van der Waals surface area contributed by atoms with Gasteiger partial charge in [0.25, 0.3) is 0 Å². The van der Waals surface area contributed by atoms with Crippen molar-refractivity contribution in [2.75, 3.05) is 0 Å². The Balaban J connectivity index is -0.000000370. The van der Waals surface area contributed by atoms with E-state index >= 15 is 0 Å². The average Bonchev–Trinajstić information content (AvgIpc) is 3.40. The molecule has 4 heterocycles. The fraction of sp³-hybridized carbons (Fsp3) is 0. The van der Waals surface area contributed by atoms with Crippen LogP contribution in [0.5, 0.6) is 0 Å². The van der Waals surface area contributed by atoms with Crippen molar-refractivity contribution in [3.05, 3.63) is 199 Å². The molecule has 4 aromatic carbocycles. The molecule has 8 aromatic rings. The molecular formula is C44H24Cl2N4O8Re2. The second-order valence-electron chi connectivity index (χ2n) is 9.60. The molecule has 0 atom stereocenters. The first kappa shape index (κ1) is 61.0. The third-order valence-electron chi connectivity index (χ3n) is 7.06. The van der Waals surface area contributed by atoms with Gasteiger partial charge < -0.3 is 0 Å². The summed E-state index contributed by atoms with van der Waals surface area (Å²) >= 11 is 2.39. The summed E-state index contributed by atoms with van der Waals surface area (Å²) in [5.41, 5.74) is 8.48. The third kappa shape index (κ3) is 19.4. The molecule has 0 bridgehead atoms. The number of halogens is 2. The predicted octanol–water partition coefficient (Wildman–Crippen LogP) is 9.97. The van der Waals surface area contributed by atoms with Crippen molar-refractivity contribution in [3.8, 4) is 22.3 Å². The molecule has 0 saturated carbocycles. The SMILES string of the molecule is [C-]#[O+].[C-]#[O+].[C-]#[O+].[C-]#[O+].[C-]#[O+].[C-]#[O+].[C-]#[O+].[C-]#[O+].[Cl][Re].[Cl][Re].c1ccc(-c2cnc3c(ccc4cccnc43)c2)cc1.c1ccc(-c2cnc3c(ccc4cccnc43)c2)cc1. The van der Waals surface area contributed by atoms with Gasteiger partial charge in [-0.1, -0.05) is 97.1 Å². The summed E-state index contributed by atoms with van der Waals surface area (Å²) in [5, 5.41) is 4.50. The normalized spacial score (nSPS) is 7.80. The van der Waals surface area contributed by atoms with Crippen molar-refractivity contribution in [3.63, 3.8) is 0 Å². The Bertz CT molecular complexity index is 2320. The number of pyridine rings is 4. The van der Waals surface area contributed by atoms with Gasteiger partial charge >= 0.3 is 146 Å². The molecule has 296 valence electrons. The quantitative estimate of drug-likeness (QED) is 0.0939. The number of nitrogens with zero attached hydrogens (tertiary/aromatic N) is 4. The van der Waals surface area contributed by atoms with Crippen LogP contribution in [0.15, 0.2) is 146 Å². The van der Waals surface area contributed by atoms with Crippen LogP contribution in [0.3, 0.4) is 0 Å². The van der Waals surface area contributed by atoms with E-state index < -0.39 is 0 Å². The monoisotopic (exact) mass is 1180 g/mol. The summed E-state index contributed by atoms with van der Waals surface area (Å²) in [4.78, 5) is 18.1. The van der Waals surface area contributed by atoms with Gasteiger partial charge in [-0.05, 0) is 35.4 Å². The smallest absolute Gasteiger partial charge is 0.0964 e. The third-order valence-corrected chi connectivity index (χ3v) is 7.06. The first-order valence-corrected chi connectivity index (χ1v) is 21.9. The maximum Gasteiger partial charge on any atom is 0.0964 e. The van der Waals surface area contributed by atoms with E-state index in [4.69, 9.17) is 56.3 Å². The molecule has 0 aliphatic rings. The fourth-order valence-electron chi connectivity index (χ4n) is 5.05. The van der Waals surface area contributed by atoms with E-state index in [0.29, 0.717) is 0 Å². The maximum atomic E-state index is 7.50. The van der Waals surface area contributed by atoms with Gasteiger partial charge in [-0.3, -0.25) is 19.9 Å². The standard InChI is InChI=1S/2C18H12N2.8CO.2ClH.2Re/c2*1-2-5-13(6-3-1)16-11-15-9-8-14-7-4-10-19-17(14)18(15)20-12-16;8*1-2;;;;/h2*1-12H;;;;;;;;;2*1H;;/q;;;;;;;;;;;;2*+1/p-2. The molecule has 16 heteroatoms. The van der Waals surface area contributed by atoms with Crippen molar-refractivity contribution in [2.45, 2.75) is 0 Å². The van der Waals surface area contributed by atoms with Crippen LogP contribution >= 0.6 is 19.1 Å². The summed E-state index contributed by atoms with van der Waals surface area (Å²) in [5.74, 6) is 0. The Labute approximate surface area is 375 Å². The number of benzene rings is 4. The second kappa shape index (κ2) is 42.9. The minimum atomic E-state index is 0.961. The zero-order chi connectivity index (χ0) is 46.7.